The van der Waals surface area contributed by atoms with Crippen molar-refractivity contribution in [2.75, 3.05) is 30.4 Å². The zero-order valence-electron chi connectivity index (χ0n) is 11.5. The fraction of sp³-hybridized carbons (Fsp3) is 0.615. The van der Waals surface area contributed by atoms with Gasteiger partial charge < -0.3 is 15.6 Å². The molecule has 0 radical (unpaired) electrons. The first-order valence-corrected chi connectivity index (χ1v) is 7.00. The second-order valence-corrected chi connectivity index (χ2v) is 5.66. The van der Waals surface area contributed by atoms with E-state index in [1.54, 1.807) is 0 Å². The SMILES string of the molecule is NNc1cc(C(F)(F)F)cc(NC2CN3CCC2CC3)n1. The molecule has 4 N–H and O–H groups in total. The lowest BCUT2D eigenvalue weighted by atomic mass is 9.84. The average Bonchev–Trinajstić information content (AvgIpc) is 2.47. The molecule has 8 heteroatoms. The second kappa shape index (κ2) is 5.34. The number of hydrazine groups is 1. The summed E-state index contributed by atoms with van der Waals surface area (Å²) >= 11 is 0. The van der Waals surface area contributed by atoms with E-state index < -0.39 is 11.7 Å². The Labute approximate surface area is 120 Å². The highest BCUT2D eigenvalue weighted by atomic mass is 19.4. The zero-order chi connectivity index (χ0) is 15.0. The predicted molar refractivity (Wildman–Crippen MR) is 73.6 cm³/mol. The average molecular weight is 301 g/mol. The van der Waals surface area contributed by atoms with Gasteiger partial charge in [0.1, 0.15) is 11.6 Å². The highest BCUT2D eigenvalue weighted by molar-refractivity contribution is 5.50. The molecule has 0 spiro atoms. The van der Waals surface area contributed by atoms with Gasteiger partial charge in [0.25, 0.3) is 0 Å². The third-order valence-corrected chi connectivity index (χ3v) is 4.29. The number of hydrogen-bond donors (Lipinski definition) is 3. The van der Waals surface area contributed by atoms with E-state index in [9.17, 15) is 13.2 Å². The number of nitrogens with zero attached hydrogens (tertiary/aromatic N) is 2. The number of halogens is 3. The summed E-state index contributed by atoms with van der Waals surface area (Å²) in [6.07, 6.45) is -2.25. The number of nitrogens with one attached hydrogen (secondary N) is 2. The molecule has 3 aliphatic heterocycles. The van der Waals surface area contributed by atoms with Crippen molar-refractivity contribution >= 4 is 11.6 Å². The minimum absolute atomic E-state index is 0.00796. The van der Waals surface area contributed by atoms with Gasteiger partial charge in [0.2, 0.25) is 0 Å². The van der Waals surface area contributed by atoms with Crippen molar-refractivity contribution in [2.24, 2.45) is 11.8 Å². The van der Waals surface area contributed by atoms with Crippen LogP contribution in [0, 0.1) is 5.92 Å². The minimum atomic E-state index is -4.42. The molecule has 0 amide bonds. The Hall–Kier alpha value is -1.54. The van der Waals surface area contributed by atoms with Crippen LogP contribution in [-0.2, 0) is 6.18 Å². The smallest absolute Gasteiger partial charge is 0.366 e. The van der Waals surface area contributed by atoms with Crippen LogP contribution in [0.1, 0.15) is 18.4 Å². The van der Waals surface area contributed by atoms with Crippen molar-refractivity contribution in [1.29, 1.82) is 0 Å². The Morgan fingerprint density at radius 2 is 1.86 bits per heavy atom. The van der Waals surface area contributed by atoms with Gasteiger partial charge in [0.05, 0.1) is 5.56 Å². The lowest BCUT2D eigenvalue weighted by Gasteiger charge is -2.45. The van der Waals surface area contributed by atoms with Gasteiger partial charge in [-0.2, -0.15) is 13.2 Å². The molecule has 2 bridgehead atoms. The number of nitrogen functional groups attached to an aromatic ring is 1. The molecule has 1 aromatic rings. The van der Waals surface area contributed by atoms with Gasteiger partial charge in [-0.05, 0) is 44.0 Å². The van der Waals surface area contributed by atoms with Crippen LogP contribution in [0.2, 0.25) is 0 Å². The van der Waals surface area contributed by atoms with E-state index >= 15 is 0 Å². The maximum absolute atomic E-state index is 12.9. The Balaban J connectivity index is 1.81. The number of fused-ring (bicyclic) bond motifs is 3. The minimum Gasteiger partial charge on any atom is -0.366 e. The van der Waals surface area contributed by atoms with Crippen LogP contribution in [0.4, 0.5) is 24.8 Å². The maximum atomic E-state index is 12.9. The number of rotatable bonds is 3. The fourth-order valence-electron chi connectivity index (χ4n) is 3.16. The van der Waals surface area contributed by atoms with E-state index in [0.717, 1.165) is 44.6 Å². The molecule has 0 aliphatic carbocycles. The third kappa shape index (κ3) is 3.06. The van der Waals surface area contributed by atoms with Gasteiger partial charge in [-0.15, -0.1) is 0 Å². The van der Waals surface area contributed by atoms with Crippen molar-refractivity contribution in [3.8, 4) is 0 Å². The van der Waals surface area contributed by atoms with Crippen molar-refractivity contribution in [2.45, 2.75) is 25.1 Å². The van der Waals surface area contributed by atoms with E-state index in [4.69, 9.17) is 5.84 Å². The van der Waals surface area contributed by atoms with Crippen LogP contribution in [0.5, 0.6) is 0 Å². The summed E-state index contributed by atoms with van der Waals surface area (Å²) in [4.78, 5) is 6.40. The van der Waals surface area contributed by atoms with Crippen LogP contribution in [0.15, 0.2) is 12.1 Å². The van der Waals surface area contributed by atoms with E-state index in [-0.39, 0.29) is 17.7 Å². The van der Waals surface area contributed by atoms with E-state index in [0.29, 0.717) is 5.92 Å². The van der Waals surface area contributed by atoms with Crippen LogP contribution < -0.4 is 16.6 Å². The Bertz CT molecular complexity index is 511. The molecule has 3 saturated heterocycles. The fourth-order valence-corrected chi connectivity index (χ4v) is 3.16. The molecule has 21 heavy (non-hydrogen) atoms. The van der Waals surface area contributed by atoms with Gasteiger partial charge in [0.15, 0.2) is 0 Å². The third-order valence-electron chi connectivity index (χ3n) is 4.29. The summed E-state index contributed by atoms with van der Waals surface area (Å²) in [7, 11) is 0. The summed E-state index contributed by atoms with van der Waals surface area (Å²) in [6, 6.07) is 2.09. The Morgan fingerprint density at radius 1 is 1.19 bits per heavy atom. The summed E-state index contributed by atoms with van der Waals surface area (Å²) < 4.78 is 38.6. The van der Waals surface area contributed by atoms with Gasteiger partial charge in [-0.3, -0.25) is 0 Å². The molecule has 0 aromatic carbocycles. The second-order valence-electron chi connectivity index (χ2n) is 5.66. The van der Waals surface area contributed by atoms with E-state index in [1.165, 1.54) is 0 Å². The van der Waals surface area contributed by atoms with E-state index in [2.05, 4.69) is 20.6 Å². The molecule has 1 atom stereocenters. The first-order chi connectivity index (χ1) is 9.95. The van der Waals surface area contributed by atoms with Crippen LogP contribution in [0.25, 0.3) is 0 Å². The number of aromatic nitrogens is 1. The molecular weight excluding hydrogens is 283 g/mol. The standard InChI is InChI=1S/C13H18F3N5/c14-13(15,16)9-5-11(19-12(6-9)20-17)18-10-7-21-3-1-8(10)2-4-21/h5-6,8,10H,1-4,7,17H2,(H2,18,19,20). The van der Waals surface area contributed by atoms with Crippen LogP contribution in [-0.4, -0.2) is 35.6 Å². The Kier molecular flexibility index (Phi) is 3.66. The van der Waals surface area contributed by atoms with Crippen molar-refractivity contribution in [1.82, 2.24) is 9.88 Å². The Morgan fingerprint density at radius 3 is 2.38 bits per heavy atom. The number of hydrogen-bond acceptors (Lipinski definition) is 5. The van der Waals surface area contributed by atoms with Gasteiger partial charge in [-0.1, -0.05) is 0 Å². The number of nitrogens with two attached hydrogens (primary N) is 1. The summed E-state index contributed by atoms with van der Waals surface area (Å²) in [5.74, 6) is 5.94. The van der Waals surface area contributed by atoms with Gasteiger partial charge in [0, 0.05) is 12.6 Å². The topological polar surface area (TPSA) is 66.2 Å². The number of anilines is 2. The quantitative estimate of drug-likeness (QED) is 0.588. The molecule has 5 nitrogen and oxygen atoms in total. The lowest BCUT2D eigenvalue weighted by molar-refractivity contribution is -0.137. The molecule has 3 aliphatic rings. The van der Waals surface area contributed by atoms with Crippen molar-refractivity contribution in [3.05, 3.63) is 17.7 Å². The van der Waals surface area contributed by atoms with Gasteiger partial charge >= 0.3 is 6.18 Å². The molecule has 116 valence electrons. The van der Waals surface area contributed by atoms with Crippen molar-refractivity contribution < 1.29 is 13.2 Å². The molecular formula is C13H18F3N5. The molecule has 1 unspecified atom stereocenters. The molecule has 4 rings (SSSR count). The van der Waals surface area contributed by atoms with Gasteiger partial charge in [-0.25, -0.2) is 10.8 Å². The van der Waals surface area contributed by atoms with E-state index in [1.807, 2.05) is 0 Å². The maximum Gasteiger partial charge on any atom is 0.416 e. The summed E-state index contributed by atoms with van der Waals surface area (Å²) in [5, 5.41) is 3.15. The molecule has 0 saturated carbocycles. The first kappa shape index (κ1) is 14.4. The first-order valence-electron chi connectivity index (χ1n) is 7.00. The van der Waals surface area contributed by atoms with Crippen LogP contribution >= 0.6 is 0 Å². The predicted octanol–water partition coefficient (Wildman–Crippen LogP) is 1.89. The molecule has 4 heterocycles. The lowest BCUT2D eigenvalue weighted by Crippen LogP contribution is -2.53. The highest BCUT2D eigenvalue weighted by Gasteiger charge is 2.35. The van der Waals surface area contributed by atoms with Crippen LogP contribution in [0.3, 0.4) is 0 Å². The highest BCUT2D eigenvalue weighted by Crippen LogP contribution is 2.34. The number of piperidine rings is 3. The van der Waals surface area contributed by atoms with Crippen molar-refractivity contribution in [3.63, 3.8) is 0 Å². The largest absolute Gasteiger partial charge is 0.416 e. The molecule has 3 fully saturated rings. The monoisotopic (exact) mass is 301 g/mol. The number of alkyl halides is 3. The molecule has 1 aromatic heterocycles. The summed E-state index contributed by atoms with van der Waals surface area (Å²) in [6.45, 7) is 3.01. The number of pyridine rings is 1. The summed E-state index contributed by atoms with van der Waals surface area (Å²) in [5.41, 5.74) is 1.43. The zero-order valence-corrected chi connectivity index (χ0v) is 11.5. The normalized spacial score (nSPS) is 28.5.